The second-order valence-electron chi connectivity index (χ2n) is 4.47. The molecule has 0 fully saturated rings. The molecule has 2 rings (SSSR count). The van der Waals surface area contributed by atoms with Crippen LogP contribution >= 0.6 is 11.6 Å². The molecule has 2 aromatic carbocycles. The van der Waals surface area contributed by atoms with E-state index in [1.54, 1.807) is 6.07 Å². The van der Waals surface area contributed by atoms with Gasteiger partial charge in [0.25, 0.3) is 0 Å². The van der Waals surface area contributed by atoms with Crippen LogP contribution in [0.3, 0.4) is 0 Å². The van der Waals surface area contributed by atoms with Gasteiger partial charge in [0.1, 0.15) is 12.4 Å². The second-order valence-corrected chi connectivity index (χ2v) is 4.91. The van der Waals surface area contributed by atoms with Crippen molar-refractivity contribution in [1.82, 2.24) is 0 Å². The van der Waals surface area contributed by atoms with Gasteiger partial charge in [0.15, 0.2) is 5.78 Å². The minimum Gasteiger partial charge on any atom is -0.488 e. The predicted molar refractivity (Wildman–Crippen MR) is 77.0 cm³/mol. The quantitative estimate of drug-likeness (QED) is 0.771. The fraction of sp³-hybridized carbons (Fsp3) is 0.188. The molecule has 0 N–H and O–H groups in total. The van der Waals surface area contributed by atoms with E-state index in [0.29, 0.717) is 22.9 Å². The summed E-state index contributed by atoms with van der Waals surface area (Å²) in [4.78, 5) is 11.5. The topological polar surface area (TPSA) is 26.3 Å². The molecule has 0 unspecified atom stereocenters. The van der Waals surface area contributed by atoms with Gasteiger partial charge in [-0.3, -0.25) is 4.79 Å². The van der Waals surface area contributed by atoms with E-state index < -0.39 is 0 Å². The largest absolute Gasteiger partial charge is 0.488 e. The van der Waals surface area contributed by atoms with E-state index in [1.807, 2.05) is 43.3 Å². The van der Waals surface area contributed by atoms with Gasteiger partial charge in [-0.15, -0.1) is 0 Å². The Bertz CT molecular complexity index is 605. The lowest BCUT2D eigenvalue weighted by atomic mass is 10.1. The van der Waals surface area contributed by atoms with Crippen LogP contribution in [-0.4, -0.2) is 5.78 Å². The molecule has 98 valence electrons. The molecule has 0 aromatic heterocycles. The third-order valence-corrected chi connectivity index (χ3v) is 3.03. The third kappa shape index (κ3) is 3.58. The van der Waals surface area contributed by atoms with E-state index >= 15 is 0 Å². The van der Waals surface area contributed by atoms with Gasteiger partial charge in [-0.1, -0.05) is 29.8 Å². The smallest absolute Gasteiger partial charge is 0.163 e. The highest BCUT2D eigenvalue weighted by atomic mass is 35.5. The van der Waals surface area contributed by atoms with E-state index in [0.717, 1.165) is 11.1 Å². The monoisotopic (exact) mass is 274 g/mol. The number of halogens is 1. The molecule has 0 heterocycles. The van der Waals surface area contributed by atoms with Crippen LogP contribution < -0.4 is 4.74 Å². The summed E-state index contributed by atoms with van der Waals surface area (Å²) in [5, 5.41) is 0.678. The zero-order valence-corrected chi connectivity index (χ0v) is 11.7. The fourth-order valence-electron chi connectivity index (χ4n) is 1.83. The number of aryl methyl sites for hydroxylation is 1. The SMILES string of the molecule is CC(=O)c1ccc(C)cc1OCc1cccc(Cl)c1. The Kier molecular flexibility index (Phi) is 4.23. The van der Waals surface area contributed by atoms with Crippen LogP contribution in [0, 0.1) is 6.92 Å². The Morgan fingerprint density at radius 3 is 2.68 bits per heavy atom. The summed E-state index contributed by atoms with van der Waals surface area (Å²) in [6, 6.07) is 13.1. The molecule has 0 spiro atoms. The summed E-state index contributed by atoms with van der Waals surface area (Å²) in [6.07, 6.45) is 0. The van der Waals surface area contributed by atoms with Gasteiger partial charge >= 0.3 is 0 Å². The molecule has 0 aliphatic heterocycles. The number of carbonyl (C=O) groups excluding carboxylic acids is 1. The first-order chi connectivity index (χ1) is 9.06. The van der Waals surface area contributed by atoms with Crippen molar-refractivity contribution in [2.75, 3.05) is 0 Å². The minimum absolute atomic E-state index is 0.00101. The van der Waals surface area contributed by atoms with Gasteiger partial charge in [-0.25, -0.2) is 0 Å². The molecule has 0 saturated carbocycles. The number of carbonyl (C=O) groups is 1. The van der Waals surface area contributed by atoms with Crippen molar-refractivity contribution in [3.63, 3.8) is 0 Å². The molecule has 0 radical (unpaired) electrons. The Balaban J connectivity index is 2.19. The van der Waals surface area contributed by atoms with Crippen molar-refractivity contribution in [1.29, 1.82) is 0 Å². The number of Topliss-reactive ketones (excluding diaryl/α,β-unsaturated/α-hetero) is 1. The molecule has 19 heavy (non-hydrogen) atoms. The van der Waals surface area contributed by atoms with Crippen LogP contribution in [0.2, 0.25) is 5.02 Å². The Labute approximate surface area is 118 Å². The van der Waals surface area contributed by atoms with Gasteiger partial charge < -0.3 is 4.74 Å². The standard InChI is InChI=1S/C16H15ClO2/c1-11-6-7-15(12(2)18)16(8-11)19-10-13-4-3-5-14(17)9-13/h3-9H,10H2,1-2H3. The Hall–Kier alpha value is -1.80. The highest BCUT2D eigenvalue weighted by Crippen LogP contribution is 2.22. The van der Waals surface area contributed by atoms with Crippen molar-refractivity contribution in [2.45, 2.75) is 20.5 Å². The Morgan fingerprint density at radius 1 is 1.21 bits per heavy atom. The van der Waals surface area contributed by atoms with Crippen LogP contribution in [0.1, 0.15) is 28.4 Å². The molecular weight excluding hydrogens is 260 g/mol. The van der Waals surface area contributed by atoms with E-state index in [4.69, 9.17) is 16.3 Å². The maximum Gasteiger partial charge on any atom is 0.163 e. The summed E-state index contributed by atoms with van der Waals surface area (Å²) < 4.78 is 5.74. The molecule has 0 saturated heterocycles. The minimum atomic E-state index is 0.00101. The molecular formula is C16H15ClO2. The van der Waals surface area contributed by atoms with Crippen molar-refractivity contribution < 1.29 is 9.53 Å². The predicted octanol–water partition coefficient (Wildman–Crippen LogP) is 4.43. The first-order valence-corrected chi connectivity index (χ1v) is 6.43. The lowest BCUT2D eigenvalue weighted by molar-refractivity contribution is 0.101. The number of rotatable bonds is 4. The zero-order valence-electron chi connectivity index (χ0n) is 10.9. The molecule has 2 aromatic rings. The zero-order chi connectivity index (χ0) is 13.8. The van der Waals surface area contributed by atoms with Crippen LogP contribution in [-0.2, 0) is 6.61 Å². The molecule has 0 aliphatic rings. The van der Waals surface area contributed by atoms with E-state index in [2.05, 4.69) is 0 Å². The first kappa shape index (κ1) is 13.6. The molecule has 0 aliphatic carbocycles. The van der Waals surface area contributed by atoms with Crippen molar-refractivity contribution in [3.05, 3.63) is 64.2 Å². The van der Waals surface area contributed by atoms with E-state index in [1.165, 1.54) is 6.92 Å². The van der Waals surface area contributed by atoms with Gasteiger partial charge in [-0.05, 0) is 49.2 Å². The number of hydrogen-bond acceptors (Lipinski definition) is 2. The second kappa shape index (κ2) is 5.89. The van der Waals surface area contributed by atoms with Crippen molar-refractivity contribution >= 4 is 17.4 Å². The average Bonchev–Trinajstić information content (AvgIpc) is 2.36. The number of ether oxygens (including phenoxy) is 1. The van der Waals surface area contributed by atoms with Gasteiger partial charge in [-0.2, -0.15) is 0 Å². The normalized spacial score (nSPS) is 10.3. The number of hydrogen-bond donors (Lipinski definition) is 0. The van der Waals surface area contributed by atoms with Crippen molar-refractivity contribution in [3.8, 4) is 5.75 Å². The summed E-state index contributed by atoms with van der Waals surface area (Å²) in [7, 11) is 0. The molecule has 3 heteroatoms. The van der Waals surface area contributed by atoms with E-state index in [9.17, 15) is 4.79 Å². The molecule has 0 amide bonds. The lowest BCUT2D eigenvalue weighted by Gasteiger charge is -2.11. The summed E-state index contributed by atoms with van der Waals surface area (Å²) in [6.45, 7) is 3.90. The average molecular weight is 275 g/mol. The van der Waals surface area contributed by atoms with Crippen LogP contribution in [0.4, 0.5) is 0 Å². The molecule has 0 bridgehead atoms. The number of ketones is 1. The van der Waals surface area contributed by atoms with Gasteiger partial charge in [0.2, 0.25) is 0 Å². The summed E-state index contributed by atoms with van der Waals surface area (Å²) in [5.41, 5.74) is 2.64. The summed E-state index contributed by atoms with van der Waals surface area (Å²) in [5.74, 6) is 0.619. The van der Waals surface area contributed by atoms with Gasteiger partial charge in [0, 0.05) is 5.02 Å². The first-order valence-electron chi connectivity index (χ1n) is 6.05. The van der Waals surface area contributed by atoms with Crippen LogP contribution in [0.5, 0.6) is 5.75 Å². The third-order valence-electron chi connectivity index (χ3n) is 2.80. The Morgan fingerprint density at radius 2 is 2.00 bits per heavy atom. The van der Waals surface area contributed by atoms with E-state index in [-0.39, 0.29) is 5.78 Å². The highest BCUT2D eigenvalue weighted by molar-refractivity contribution is 6.30. The molecule has 2 nitrogen and oxygen atoms in total. The summed E-state index contributed by atoms with van der Waals surface area (Å²) >= 11 is 5.92. The maximum atomic E-state index is 11.5. The van der Waals surface area contributed by atoms with Crippen LogP contribution in [0.15, 0.2) is 42.5 Å². The maximum absolute atomic E-state index is 11.5. The van der Waals surface area contributed by atoms with Gasteiger partial charge in [0.05, 0.1) is 5.56 Å². The van der Waals surface area contributed by atoms with Crippen LogP contribution in [0.25, 0.3) is 0 Å². The van der Waals surface area contributed by atoms with Crippen molar-refractivity contribution in [2.24, 2.45) is 0 Å². The lowest BCUT2D eigenvalue weighted by Crippen LogP contribution is -2.02. The number of benzene rings is 2. The highest BCUT2D eigenvalue weighted by Gasteiger charge is 2.08. The molecule has 0 atom stereocenters. The fourth-order valence-corrected chi connectivity index (χ4v) is 2.04.